The van der Waals surface area contributed by atoms with Gasteiger partial charge >= 0.3 is 0 Å². The third-order valence-corrected chi connectivity index (χ3v) is 1.46. The number of hydrogen-bond donors (Lipinski definition) is 3. The molecule has 6 nitrogen and oxygen atoms in total. The molecule has 6 heteroatoms. The summed E-state index contributed by atoms with van der Waals surface area (Å²) in [6.07, 6.45) is 1.51. The fraction of sp³-hybridized carbons (Fsp3) is 0.929. The molecule has 0 bridgehead atoms. The van der Waals surface area contributed by atoms with E-state index in [1.54, 1.807) is 0 Å². The molecule has 1 unspecified atom stereocenters. The molecule has 0 saturated carbocycles. The Morgan fingerprint density at radius 2 is 1.55 bits per heavy atom. The second-order valence-electron chi connectivity index (χ2n) is 6.24. The molecule has 0 amide bonds. The van der Waals surface area contributed by atoms with Crippen LogP contribution in [-0.4, -0.2) is 28.7 Å². The van der Waals surface area contributed by atoms with Gasteiger partial charge in [0.15, 0.2) is 6.23 Å². The van der Waals surface area contributed by atoms with Crippen molar-refractivity contribution in [3.63, 3.8) is 0 Å². The van der Waals surface area contributed by atoms with Gasteiger partial charge in [0.05, 0.1) is 5.54 Å². The van der Waals surface area contributed by atoms with Gasteiger partial charge in [0.2, 0.25) is 0 Å². The van der Waals surface area contributed by atoms with Crippen molar-refractivity contribution in [3.8, 4) is 0 Å². The molecule has 0 saturated heterocycles. The van der Waals surface area contributed by atoms with Crippen LogP contribution in [0.4, 0.5) is 0 Å². The molecule has 0 aliphatic carbocycles. The van der Waals surface area contributed by atoms with E-state index in [4.69, 9.17) is 10.9 Å². The van der Waals surface area contributed by atoms with E-state index >= 15 is 0 Å². The molecule has 20 heavy (non-hydrogen) atoms. The number of hydrazine groups is 1. The minimum Gasteiger partial charge on any atom is -0.370 e. The minimum atomic E-state index is -0.626. The highest BCUT2D eigenvalue weighted by Gasteiger charge is 2.07. The molecule has 0 fully saturated rings. The molecule has 0 heterocycles. The van der Waals surface area contributed by atoms with Crippen molar-refractivity contribution < 1.29 is 9.90 Å². The second-order valence-corrected chi connectivity index (χ2v) is 6.24. The first-order chi connectivity index (χ1) is 8.93. The number of rotatable bonds is 3. The molecule has 0 spiro atoms. The monoisotopic (exact) mass is 290 g/mol. The van der Waals surface area contributed by atoms with E-state index in [-0.39, 0.29) is 11.1 Å². The Hall–Kier alpha value is -0.850. The second kappa shape index (κ2) is 13.1. The van der Waals surface area contributed by atoms with E-state index in [1.807, 2.05) is 55.4 Å². The third-order valence-electron chi connectivity index (χ3n) is 1.46. The van der Waals surface area contributed by atoms with Gasteiger partial charge in [-0.2, -0.15) is 10.2 Å². The molecule has 0 aromatic carbocycles. The first kappa shape index (κ1) is 24.2. The molecule has 0 aliphatic rings. The average molecular weight is 290 g/mol. The van der Waals surface area contributed by atoms with Gasteiger partial charge in [-0.05, 0) is 48.0 Å². The van der Waals surface area contributed by atoms with E-state index in [2.05, 4.69) is 15.7 Å². The van der Waals surface area contributed by atoms with Crippen molar-refractivity contribution in [1.82, 2.24) is 5.43 Å². The summed E-state index contributed by atoms with van der Waals surface area (Å²) in [6.45, 7) is 15.5. The van der Waals surface area contributed by atoms with E-state index in [0.29, 0.717) is 12.8 Å². The smallest absolute Gasteiger partial charge is 0.165 e. The number of nitrogens with two attached hydrogens (primary N) is 1. The van der Waals surface area contributed by atoms with Crippen molar-refractivity contribution in [1.29, 1.82) is 0 Å². The summed E-state index contributed by atoms with van der Waals surface area (Å²) in [6, 6.07) is 0. The lowest BCUT2D eigenvalue weighted by atomic mass is 10.1. The van der Waals surface area contributed by atoms with Crippen LogP contribution < -0.4 is 11.3 Å². The summed E-state index contributed by atoms with van der Waals surface area (Å²) in [5, 5.41) is 16.6. The predicted octanol–water partition coefficient (Wildman–Crippen LogP) is 2.81. The molecule has 0 aromatic rings. The number of hydrogen-bond acceptors (Lipinski definition) is 6. The van der Waals surface area contributed by atoms with E-state index in [0.717, 1.165) is 6.29 Å². The lowest BCUT2D eigenvalue weighted by Crippen LogP contribution is -2.41. The van der Waals surface area contributed by atoms with Crippen molar-refractivity contribution in [3.05, 3.63) is 0 Å². The fourth-order valence-electron chi connectivity index (χ4n) is 0.321. The van der Waals surface area contributed by atoms with Crippen LogP contribution in [-0.2, 0) is 4.79 Å². The number of aliphatic hydroxyl groups excluding tert-OH is 1. The number of nitrogens with one attached hydrogen (secondary N) is 1. The number of carbonyl (C=O) groups is 1. The van der Waals surface area contributed by atoms with Crippen molar-refractivity contribution in [2.24, 2.45) is 16.1 Å². The third kappa shape index (κ3) is 36.0. The van der Waals surface area contributed by atoms with Gasteiger partial charge in [0.25, 0.3) is 0 Å². The molecule has 0 rings (SSSR count). The summed E-state index contributed by atoms with van der Waals surface area (Å²) >= 11 is 0. The number of aliphatic hydroxyl groups is 1. The molecular formula is C14H34N4O2. The Balaban J connectivity index is -0.000000246. The minimum absolute atomic E-state index is 0.0694. The van der Waals surface area contributed by atoms with E-state index in [1.165, 1.54) is 0 Å². The van der Waals surface area contributed by atoms with Gasteiger partial charge in [-0.25, -0.2) is 0 Å². The van der Waals surface area contributed by atoms with Crippen LogP contribution in [0.15, 0.2) is 10.2 Å². The highest BCUT2D eigenvalue weighted by Crippen LogP contribution is 2.08. The number of nitrogens with zero attached hydrogens (tertiary/aromatic N) is 2. The molecule has 0 aromatic heterocycles. The van der Waals surface area contributed by atoms with Crippen molar-refractivity contribution in [2.45, 2.75) is 85.5 Å². The highest BCUT2D eigenvalue weighted by atomic mass is 16.3. The maximum Gasteiger partial charge on any atom is 0.165 e. The van der Waals surface area contributed by atoms with Gasteiger partial charge in [-0.3, -0.25) is 11.3 Å². The van der Waals surface area contributed by atoms with Crippen molar-refractivity contribution >= 4 is 6.29 Å². The first-order valence-electron chi connectivity index (χ1n) is 6.95. The van der Waals surface area contributed by atoms with Crippen LogP contribution in [0.3, 0.4) is 0 Å². The van der Waals surface area contributed by atoms with Crippen LogP contribution in [0.25, 0.3) is 0 Å². The maximum absolute atomic E-state index is 9.17. The SMILES string of the molecule is CC(C)(C)NN.CCC(O)/N=N/C(C)(C)C.CCC=O. The lowest BCUT2D eigenvalue weighted by Gasteiger charge is -2.14. The topological polar surface area (TPSA) is 100 Å². The zero-order chi connectivity index (χ0) is 16.8. The van der Waals surface area contributed by atoms with E-state index < -0.39 is 6.23 Å². The largest absolute Gasteiger partial charge is 0.370 e. The Morgan fingerprint density at radius 1 is 1.20 bits per heavy atom. The first-order valence-corrected chi connectivity index (χ1v) is 6.95. The Morgan fingerprint density at radius 3 is 1.70 bits per heavy atom. The number of azo groups is 1. The molecule has 1 atom stereocenters. The zero-order valence-electron chi connectivity index (χ0n) is 14.4. The Kier molecular flexibility index (Phi) is 15.9. The summed E-state index contributed by atoms with van der Waals surface area (Å²) in [4.78, 5) is 9.17. The summed E-state index contributed by atoms with van der Waals surface area (Å²) < 4.78 is 0. The maximum atomic E-state index is 9.17. The lowest BCUT2D eigenvalue weighted by molar-refractivity contribution is -0.107. The summed E-state index contributed by atoms with van der Waals surface area (Å²) in [5.41, 5.74) is 2.50. The predicted molar refractivity (Wildman–Crippen MR) is 84.3 cm³/mol. The fourth-order valence-corrected chi connectivity index (χ4v) is 0.321. The van der Waals surface area contributed by atoms with Crippen LogP contribution in [0.1, 0.15) is 68.2 Å². The number of aldehydes is 1. The van der Waals surface area contributed by atoms with Gasteiger partial charge in [-0.15, -0.1) is 0 Å². The molecular weight excluding hydrogens is 256 g/mol. The zero-order valence-corrected chi connectivity index (χ0v) is 14.4. The van der Waals surface area contributed by atoms with Crippen LogP contribution in [0, 0.1) is 0 Å². The van der Waals surface area contributed by atoms with E-state index in [9.17, 15) is 4.79 Å². The Bertz CT molecular complexity index is 243. The quantitative estimate of drug-likeness (QED) is 0.322. The summed E-state index contributed by atoms with van der Waals surface area (Å²) in [7, 11) is 0. The standard InChI is InChI=1S/C7H16N2O.C4H12N2.C3H6O/c1-5-6(10)8-9-7(2,3)4;1-4(2,3)6-5;1-2-3-4/h6,10H,5H2,1-4H3;6H,5H2,1-3H3;3H,2H2,1H3/b9-8+;;. The summed E-state index contributed by atoms with van der Waals surface area (Å²) in [5.74, 6) is 5.06. The van der Waals surface area contributed by atoms with Crippen LogP contribution in [0.5, 0.6) is 0 Å². The van der Waals surface area contributed by atoms with Gasteiger partial charge in [-0.1, -0.05) is 13.8 Å². The molecule has 122 valence electrons. The normalized spacial score (nSPS) is 12.9. The van der Waals surface area contributed by atoms with Crippen LogP contribution in [0.2, 0.25) is 0 Å². The van der Waals surface area contributed by atoms with Gasteiger partial charge in [0, 0.05) is 12.0 Å². The highest BCUT2D eigenvalue weighted by molar-refractivity contribution is 5.48. The van der Waals surface area contributed by atoms with Crippen molar-refractivity contribution in [2.75, 3.05) is 0 Å². The molecule has 0 radical (unpaired) electrons. The number of carbonyl (C=O) groups excluding carboxylic acids is 1. The van der Waals surface area contributed by atoms with Gasteiger partial charge in [0.1, 0.15) is 6.29 Å². The average Bonchev–Trinajstić information content (AvgIpc) is 2.35. The molecule has 0 aliphatic heterocycles. The Labute approximate surface area is 124 Å². The van der Waals surface area contributed by atoms with Crippen LogP contribution >= 0.6 is 0 Å². The van der Waals surface area contributed by atoms with Gasteiger partial charge < -0.3 is 9.90 Å². The molecule has 4 N–H and O–H groups in total.